The van der Waals surface area contributed by atoms with Crippen molar-refractivity contribution in [1.82, 2.24) is 0 Å². The number of furan rings is 1. The highest BCUT2D eigenvalue weighted by Crippen LogP contribution is 2.73. The summed E-state index contributed by atoms with van der Waals surface area (Å²) in [6, 6.07) is 1.76. The Bertz CT molecular complexity index is 1040. The van der Waals surface area contributed by atoms with Crippen LogP contribution in [0.25, 0.3) is 0 Å². The van der Waals surface area contributed by atoms with Gasteiger partial charge in [0.15, 0.2) is 11.9 Å². The van der Waals surface area contributed by atoms with E-state index in [2.05, 4.69) is 0 Å². The van der Waals surface area contributed by atoms with Crippen LogP contribution in [0.4, 0.5) is 0 Å². The lowest BCUT2D eigenvalue weighted by atomic mass is 9.49. The molecular weight excluding hydrogens is 416 g/mol. The van der Waals surface area contributed by atoms with E-state index in [0.29, 0.717) is 18.4 Å². The summed E-state index contributed by atoms with van der Waals surface area (Å²) >= 11 is 0. The molecule has 1 saturated heterocycles. The lowest BCUT2D eigenvalue weighted by Crippen LogP contribution is -2.59. The first-order chi connectivity index (χ1) is 15.0. The number of fused-ring (bicyclic) bond motifs is 6. The van der Waals surface area contributed by atoms with Gasteiger partial charge in [-0.1, -0.05) is 26.3 Å². The van der Waals surface area contributed by atoms with Gasteiger partial charge in [-0.3, -0.25) is 9.59 Å². The lowest BCUT2D eigenvalue weighted by molar-refractivity contribution is -0.179. The number of carbonyl (C=O) groups is 3. The fraction of sp³-hybridized carbons (Fsp3) is 0.625. The normalized spacial score (nSPS) is 40.6. The van der Waals surface area contributed by atoms with Gasteiger partial charge in [0, 0.05) is 16.4 Å². The smallest absolute Gasteiger partial charge is 0.335 e. The van der Waals surface area contributed by atoms with Crippen LogP contribution in [-0.2, 0) is 23.9 Å². The summed E-state index contributed by atoms with van der Waals surface area (Å²) in [5.74, 6) is -2.99. The maximum Gasteiger partial charge on any atom is 0.335 e. The fourth-order valence-electron chi connectivity index (χ4n) is 7.36. The van der Waals surface area contributed by atoms with E-state index >= 15 is 0 Å². The molecule has 5 rings (SSSR count). The van der Waals surface area contributed by atoms with Crippen molar-refractivity contribution in [1.29, 1.82) is 0 Å². The van der Waals surface area contributed by atoms with Crippen LogP contribution >= 0.6 is 0 Å². The van der Waals surface area contributed by atoms with Gasteiger partial charge in [0.05, 0.1) is 43.5 Å². The Morgan fingerprint density at radius 2 is 2.00 bits per heavy atom. The average Bonchev–Trinajstić information content (AvgIpc) is 3.40. The summed E-state index contributed by atoms with van der Waals surface area (Å²) in [6.07, 6.45) is 0.798. The quantitative estimate of drug-likeness (QED) is 0.537. The second-order valence-electron chi connectivity index (χ2n) is 10.3. The number of cyclic esters (lactones) is 1. The third-order valence-corrected chi connectivity index (χ3v) is 8.91. The number of aliphatic hydroxyl groups is 2. The van der Waals surface area contributed by atoms with E-state index in [1.807, 2.05) is 6.92 Å². The SMILES string of the molecule is COC(=O)[C@H](O)[C@@]12C(=O)[C@@H](C3=C4CC(=O)O[C@@H](c5ccoc5)[C@]4(C)CC[C@H]31)[C@H](O)C2(C)C. The molecule has 1 aliphatic heterocycles. The molecule has 2 bridgehead atoms. The Balaban J connectivity index is 1.73. The number of rotatable bonds is 3. The van der Waals surface area contributed by atoms with Crippen molar-refractivity contribution in [3.8, 4) is 0 Å². The molecule has 7 atom stereocenters. The maximum atomic E-state index is 13.8. The highest BCUT2D eigenvalue weighted by atomic mass is 16.5. The van der Waals surface area contributed by atoms with Crippen LogP contribution in [0.3, 0.4) is 0 Å². The number of methoxy groups -OCH3 is 1. The summed E-state index contributed by atoms with van der Waals surface area (Å²) in [5, 5.41) is 22.4. The van der Waals surface area contributed by atoms with E-state index < -0.39 is 58.3 Å². The first-order valence-electron chi connectivity index (χ1n) is 11.0. The van der Waals surface area contributed by atoms with Crippen LogP contribution in [0, 0.1) is 28.1 Å². The van der Waals surface area contributed by atoms with Crippen molar-refractivity contribution in [3.63, 3.8) is 0 Å². The Morgan fingerprint density at radius 1 is 1.28 bits per heavy atom. The molecule has 1 aromatic rings. The van der Waals surface area contributed by atoms with Crippen molar-refractivity contribution < 1.29 is 38.5 Å². The molecule has 4 aliphatic rings. The van der Waals surface area contributed by atoms with Crippen LogP contribution in [0.1, 0.15) is 51.7 Å². The minimum absolute atomic E-state index is 0.0119. The van der Waals surface area contributed by atoms with Gasteiger partial charge in [0.25, 0.3) is 0 Å². The predicted molar refractivity (Wildman–Crippen MR) is 109 cm³/mol. The van der Waals surface area contributed by atoms with Gasteiger partial charge >= 0.3 is 11.9 Å². The molecule has 0 amide bonds. The van der Waals surface area contributed by atoms with Crippen LogP contribution in [-0.4, -0.2) is 47.3 Å². The summed E-state index contributed by atoms with van der Waals surface area (Å²) in [5.41, 5.74) is -0.941. The van der Waals surface area contributed by atoms with Crippen molar-refractivity contribution >= 4 is 17.7 Å². The predicted octanol–water partition coefficient (Wildman–Crippen LogP) is 2.10. The average molecular weight is 444 g/mol. The topological polar surface area (TPSA) is 123 Å². The summed E-state index contributed by atoms with van der Waals surface area (Å²) in [6.45, 7) is 5.45. The Labute approximate surface area is 185 Å². The molecular formula is C24H28O8. The largest absolute Gasteiger partial charge is 0.472 e. The Kier molecular flexibility index (Phi) is 4.38. The molecule has 0 aromatic carbocycles. The third kappa shape index (κ3) is 2.22. The van der Waals surface area contributed by atoms with Crippen molar-refractivity contribution in [2.75, 3.05) is 7.11 Å². The van der Waals surface area contributed by atoms with Crippen LogP contribution < -0.4 is 0 Å². The molecule has 3 aliphatic carbocycles. The fourth-order valence-corrected chi connectivity index (χ4v) is 7.36. The highest BCUT2D eigenvalue weighted by Gasteiger charge is 2.79. The molecule has 32 heavy (non-hydrogen) atoms. The number of esters is 2. The van der Waals surface area contributed by atoms with E-state index in [4.69, 9.17) is 13.9 Å². The molecule has 8 nitrogen and oxygen atoms in total. The zero-order valence-corrected chi connectivity index (χ0v) is 18.6. The van der Waals surface area contributed by atoms with Gasteiger partial charge in [-0.05, 0) is 30.4 Å². The molecule has 172 valence electrons. The first-order valence-corrected chi connectivity index (χ1v) is 11.0. The van der Waals surface area contributed by atoms with Gasteiger partial charge in [0.2, 0.25) is 0 Å². The molecule has 1 aromatic heterocycles. The van der Waals surface area contributed by atoms with Gasteiger partial charge in [0.1, 0.15) is 6.10 Å². The number of ketones is 1. The number of hydrogen-bond acceptors (Lipinski definition) is 8. The zero-order valence-electron chi connectivity index (χ0n) is 18.6. The summed E-state index contributed by atoms with van der Waals surface area (Å²) < 4.78 is 15.8. The number of Topliss-reactive ketones (excluding diaryl/α,β-unsaturated/α-hetero) is 1. The molecule has 0 radical (unpaired) electrons. The zero-order chi connectivity index (χ0) is 23.2. The van der Waals surface area contributed by atoms with E-state index in [1.54, 1.807) is 26.2 Å². The van der Waals surface area contributed by atoms with Crippen LogP contribution in [0.15, 0.2) is 34.2 Å². The number of hydrogen-bond donors (Lipinski definition) is 2. The summed E-state index contributed by atoms with van der Waals surface area (Å²) in [7, 11) is 1.17. The van der Waals surface area contributed by atoms with E-state index in [0.717, 1.165) is 11.1 Å². The van der Waals surface area contributed by atoms with Gasteiger partial charge in [-0.15, -0.1) is 0 Å². The molecule has 0 unspecified atom stereocenters. The monoisotopic (exact) mass is 444 g/mol. The highest BCUT2D eigenvalue weighted by molar-refractivity contribution is 6.02. The minimum atomic E-state index is -1.71. The number of ether oxygens (including phenoxy) is 2. The third-order valence-electron chi connectivity index (χ3n) is 8.91. The number of carbonyl (C=O) groups excluding carboxylic acids is 3. The molecule has 0 spiro atoms. The number of aliphatic hydroxyl groups excluding tert-OH is 2. The Morgan fingerprint density at radius 3 is 2.62 bits per heavy atom. The van der Waals surface area contributed by atoms with E-state index in [1.165, 1.54) is 13.4 Å². The van der Waals surface area contributed by atoms with Crippen molar-refractivity contribution in [2.45, 2.75) is 58.3 Å². The second kappa shape index (κ2) is 6.54. The van der Waals surface area contributed by atoms with Crippen LogP contribution in [0.2, 0.25) is 0 Å². The van der Waals surface area contributed by atoms with E-state index in [-0.39, 0.29) is 12.2 Å². The van der Waals surface area contributed by atoms with Crippen LogP contribution in [0.5, 0.6) is 0 Å². The molecule has 8 heteroatoms. The van der Waals surface area contributed by atoms with Gasteiger partial charge in [-0.25, -0.2) is 4.79 Å². The molecule has 2 heterocycles. The van der Waals surface area contributed by atoms with Gasteiger partial charge < -0.3 is 24.1 Å². The molecule has 3 fully saturated rings. The second-order valence-corrected chi connectivity index (χ2v) is 10.3. The standard InChI is InChI=1S/C24H28O8/c1-22(2)17(26)16-15-12(24(22,18(16)27)19(28)21(29)30-4)5-7-23(3)13(15)9-14(25)32-20(23)11-6-8-31-10-11/h6,8,10,12,16-17,19-20,26,28H,5,7,9H2,1-4H3/t12-,16+,17+,19+,20+,23-,24+/m1/s1. The minimum Gasteiger partial charge on any atom is -0.472 e. The Hall–Kier alpha value is -2.45. The van der Waals surface area contributed by atoms with Crippen molar-refractivity contribution in [2.24, 2.45) is 28.1 Å². The molecule has 2 saturated carbocycles. The lowest BCUT2D eigenvalue weighted by Gasteiger charge is -2.55. The van der Waals surface area contributed by atoms with Gasteiger partial charge in [-0.2, -0.15) is 0 Å². The molecule has 2 N–H and O–H groups in total. The maximum absolute atomic E-state index is 13.8. The summed E-state index contributed by atoms with van der Waals surface area (Å²) in [4.78, 5) is 39.0. The first kappa shape index (κ1) is 21.4. The van der Waals surface area contributed by atoms with E-state index in [9.17, 15) is 24.6 Å². The van der Waals surface area contributed by atoms with Crippen molar-refractivity contribution in [3.05, 3.63) is 35.3 Å².